The summed E-state index contributed by atoms with van der Waals surface area (Å²) >= 11 is 6.15. The number of halogens is 1. The first-order valence-corrected chi connectivity index (χ1v) is 7.35. The average Bonchev–Trinajstić information content (AvgIpc) is 2.54. The lowest BCUT2D eigenvalue weighted by Crippen LogP contribution is -2.86. The molecule has 2 aromatic carbocycles. The van der Waals surface area contributed by atoms with Gasteiger partial charge in [-0.2, -0.15) is 5.26 Å². The predicted molar refractivity (Wildman–Crippen MR) is 86.4 cm³/mol. The van der Waals surface area contributed by atoms with E-state index in [4.69, 9.17) is 16.9 Å². The summed E-state index contributed by atoms with van der Waals surface area (Å²) in [5.41, 5.74) is 2.26. The standard InChI is InChI=1S/C17H16ClN3O/c1-12(15-4-2-3-5-16(15)18)20-11-17(22)21-14-8-6-13(10-19)7-9-14/h2-9,12,20H,11H2,1H3,(H,21,22)/p+1/t12-/m0/s1. The molecular formula is C17H17ClN3O+. The first kappa shape index (κ1) is 16.0. The van der Waals surface area contributed by atoms with Crippen LogP contribution in [0.1, 0.15) is 24.1 Å². The minimum Gasteiger partial charge on any atom is -0.332 e. The van der Waals surface area contributed by atoms with Gasteiger partial charge in [0.05, 0.1) is 11.6 Å². The van der Waals surface area contributed by atoms with E-state index in [1.807, 2.05) is 42.6 Å². The smallest absolute Gasteiger partial charge is 0.279 e. The molecule has 0 aliphatic rings. The lowest BCUT2D eigenvalue weighted by Gasteiger charge is -2.12. The summed E-state index contributed by atoms with van der Waals surface area (Å²) in [6, 6.07) is 16.5. The van der Waals surface area contributed by atoms with E-state index in [0.29, 0.717) is 22.8 Å². The molecule has 0 bridgehead atoms. The van der Waals surface area contributed by atoms with Gasteiger partial charge in [0.2, 0.25) is 0 Å². The first-order chi connectivity index (χ1) is 10.6. The predicted octanol–water partition coefficient (Wildman–Crippen LogP) is 2.47. The Bertz CT molecular complexity index is 692. The lowest BCUT2D eigenvalue weighted by atomic mass is 10.1. The number of nitriles is 1. The van der Waals surface area contributed by atoms with Gasteiger partial charge in [-0.1, -0.05) is 29.8 Å². The monoisotopic (exact) mass is 314 g/mol. The molecule has 2 aromatic rings. The van der Waals surface area contributed by atoms with Crippen LogP contribution in [0.3, 0.4) is 0 Å². The van der Waals surface area contributed by atoms with Crippen molar-refractivity contribution in [1.82, 2.24) is 0 Å². The molecule has 0 unspecified atom stereocenters. The molecule has 0 fully saturated rings. The Morgan fingerprint density at radius 3 is 2.59 bits per heavy atom. The molecule has 112 valence electrons. The van der Waals surface area contributed by atoms with Crippen molar-refractivity contribution in [2.75, 3.05) is 11.9 Å². The summed E-state index contributed by atoms with van der Waals surface area (Å²) in [6.07, 6.45) is 0. The van der Waals surface area contributed by atoms with Crippen LogP contribution in [0.2, 0.25) is 5.02 Å². The van der Waals surface area contributed by atoms with Crippen LogP contribution in [0.5, 0.6) is 0 Å². The Balaban J connectivity index is 1.87. The Morgan fingerprint density at radius 1 is 1.27 bits per heavy atom. The van der Waals surface area contributed by atoms with Crippen molar-refractivity contribution in [1.29, 1.82) is 5.26 Å². The highest BCUT2D eigenvalue weighted by Gasteiger charge is 2.14. The third-order valence-electron chi connectivity index (χ3n) is 3.35. The zero-order valence-electron chi connectivity index (χ0n) is 12.2. The number of anilines is 1. The second kappa shape index (κ2) is 7.60. The third kappa shape index (κ3) is 4.32. The number of carbonyl (C=O) groups is 1. The zero-order valence-corrected chi connectivity index (χ0v) is 13.0. The molecule has 0 saturated heterocycles. The summed E-state index contributed by atoms with van der Waals surface area (Å²) < 4.78 is 0. The fourth-order valence-electron chi connectivity index (χ4n) is 2.10. The molecule has 1 atom stereocenters. The van der Waals surface area contributed by atoms with Gasteiger partial charge in [-0.15, -0.1) is 0 Å². The maximum absolute atomic E-state index is 11.9. The molecule has 22 heavy (non-hydrogen) atoms. The highest BCUT2D eigenvalue weighted by molar-refractivity contribution is 6.31. The normalized spacial score (nSPS) is 11.5. The number of quaternary nitrogens is 1. The van der Waals surface area contributed by atoms with E-state index in [1.54, 1.807) is 24.3 Å². The average molecular weight is 315 g/mol. The van der Waals surface area contributed by atoms with E-state index >= 15 is 0 Å². The molecule has 3 N–H and O–H groups in total. The summed E-state index contributed by atoms with van der Waals surface area (Å²) in [4.78, 5) is 11.9. The first-order valence-electron chi connectivity index (χ1n) is 6.98. The second-order valence-corrected chi connectivity index (χ2v) is 5.39. The van der Waals surface area contributed by atoms with Crippen molar-refractivity contribution >= 4 is 23.2 Å². The highest BCUT2D eigenvalue weighted by atomic mass is 35.5. The minimum atomic E-state index is -0.0939. The summed E-state index contributed by atoms with van der Waals surface area (Å²) in [6.45, 7) is 2.31. The summed E-state index contributed by atoms with van der Waals surface area (Å²) in [5, 5.41) is 14.2. The maximum Gasteiger partial charge on any atom is 0.279 e. The number of nitrogens with zero attached hydrogens (tertiary/aromatic N) is 1. The minimum absolute atomic E-state index is 0.0939. The Kier molecular flexibility index (Phi) is 5.54. The van der Waals surface area contributed by atoms with E-state index in [0.717, 1.165) is 5.56 Å². The van der Waals surface area contributed by atoms with Crippen molar-refractivity contribution in [3.05, 3.63) is 64.7 Å². The molecule has 4 nitrogen and oxygen atoms in total. The summed E-state index contributed by atoms with van der Waals surface area (Å²) in [5.74, 6) is -0.0939. The molecular weight excluding hydrogens is 298 g/mol. The van der Waals surface area contributed by atoms with Crippen LogP contribution in [0.25, 0.3) is 0 Å². The van der Waals surface area contributed by atoms with Gasteiger partial charge in [0.15, 0.2) is 6.54 Å². The number of amides is 1. The van der Waals surface area contributed by atoms with Crippen LogP contribution >= 0.6 is 11.6 Å². The molecule has 2 rings (SSSR count). The molecule has 0 saturated carbocycles. The van der Waals surface area contributed by atoms with Gasteiger partial charge in [0, 0.05) is 16.3 Å². The highest BCUT2D eigenvalue weighted by Crippen LogP contribution is 2.19. The number of hydrogen-bond acceptors (Lipinski definition) is 2. The van der Waals surface area contributed by atoms with Crippen LogP contribution < -0.4 is 10.6 Å². The van der Waals surface area contributed by atoms with Crippen molar-refractivity contribution in [2.45, 2.75) is 13.0 Å². The van der Waals surface area contributed by atoms with Crippen LogP contribution in [0.4, 0.5) is 5.69 Å². The van der Waals surface area contributed by atoms with Gasteiger partial charge in [-0.05, 0) is 37.3 Å². The van der Waals surface area contributed by atoms with Crippen molar-refractivity contribution in [3.8, 4) is 6.07 Å². The number of hydrogen-bond donors (Lipinski definition) is 2. The van der Waals surface area contributed by atoms with Gasteiger partial charge < -0.3 is 10.6 Å². The molecule has 0 aliphatic carbocycles. The van der Waals surface area contributed by atoms with Gasteiger partial charge in [0.1, 0.15) is 6.04 Å². The number of benzene rings is 2. The Labute approximate surface area is 134 Å². The fraction of sp³-hybridized carbons (Fsp3) is 0.176. The van der Waals surface area contributed by atoms with E-state index in [2.05, 4.69) is 5.32 Å². The third-order valence-corrected chi connectivity index (χ3v) is 3.69. The maximum atomic E-state index is 11.9. The quantitative estimate of drug-likeness (QED) is 0.890. The van der Waals surface area contributed by atoms with Crippen LogP contribution in [0, 0.1) is 11.3 Å². The van der Waals surface area contributed by atoms with Gasteiger partial charge in [0.25, 0.3) is 5.91 Å². The van der Waals surface area contributed by atoms with Crippen molar-refractivity contribution in [3.63, 3.8) is 0 Å². The molecule has 1 amide bonds. The number of nitrogens with one attached hydrogen (secondary N) is 1. The van der Waals surface area contributed by atoms with Crippen LogP contribution in [-0.4, -0.2) is 12.5 Å². The molecule has 0 aromatic heterocycles. The number of rotatable bonds is 5. The molecule has 0 spiro atoms. The second-order valence-electron chi connectivity index (χ2n) is 4.99. The Morgan fingerprint density at radius 2 is 1.95 bits per heavy atom. The fourth-order valence-corrected chi connectivity index (χ4v) is 2.40. The SMILES string of the molecule is C[C@H]([NH2+]CC(=O)Nc1ccc(C#N)cc1)c1ccccc1Cl. The van der Waals surface area contributed by atoms with E-state index in [-0.39, 0.29) is 11.9 Å². The van der Waals surface area contributed by atoms with E-state index in [1.165, 1.54) is 0 Å². The molecule has 5 heteroatoms. The van der Waals surface area contributed by atoms with Crippen LogP contribution in [0.15, 0.2) is 48.5 Å². The number of nitrogens with two attached hydrogens (primary N) is 1. The zero-order chi connectivity index (χ0) is 15.9. The molecule has 0 aliphatic heterocycles. The summed E-state index contributed by atoms with van der Waals surface area (Å²) in [7, 11) is 0. The van der Waals surface area contributed by atoms with E-state index in [9.17, 15) is 4.79 Å². The number of carbonyl (C=O) groups excluding carboxylic acids is 1. The lowest BCUT2D eigenvalue weighted by molar-refractivity contribution is -0.682. The van der Waals surface area contributed by atoms with Gasteiger partial charge in [-0.3, -0.25) is 4.79 Å². The Hall–Kier alpha value is -2.35. The van der Waals surface area contributed by atoms with Crippen molar-refractivity contribution < 1.29 is 10.1 Å². The topological polar surface area (TPSA) is 69.5 Å². The van der Waals surface area contributed by atoms with Crippen LogP contribution in [-0.2, 0) is 4.79 Å². The molecule has 0 heterocycles. The van der Waals surface area contributed by atoms with Gasteiger partial charge in [-0.25, -0.2) is 0 Å². The molecule has 0 radical (unpaired) electrons. The van der Waals surface area contributed by atoms with Crippen molar-refractivity contribution in [2.24, 2.45) is 0 Å². The largest absolute Gasteiger partial charge is 0.332 e. The van der Waals surface area contributed by atoms with Gasteiger partial charge >= 0.3 is 0 Å². The van der Waals surface area contributed by atoms with E-state index < -0.39 is 0 Å².